The van der Waals surface area contributed by atoms with E-state index in [0.29, 0.717) is 126 Å². The number of allylic oxidation sites excluding steroid dienone is 6. The summed E-state index contributed by atoms with van der Waals surface area (Å²) < 4.78 is 164. The van der Waals surface area contributed by atoms with E-state index in [9.17, 15) is 56.7 Å². The quantitative estimate of drug-likeness (QED) is 0.0108. The van der Waals surface area contributed by atoms with Gasteiger partial charge in [-0.15, -0.1) is 0 Å². The highest BCUT2D eigenvalue weighted by atomic mass is 32.2. The number of ether oxygens (including phenoxy) is 5. The molecule has 2 heterocycles. The summed E-state index contributed by atoms with van der Waals surface area (Å²) in [5.74, 6) is -1.23. The predicted molar refractivity (Wildman–Crippen MR) is 283 cm³/mol. The third-order valence-electron chi connectivity index (χ3n) is 12.5. The van der Waals surface area contributed by atoms with Gasteiger partial charge in [0.1, 0.15) is 6.54 Å². The Morgan fingerprint density at radius 2 is 1.25 bits per heavy atom. The minimum atomic E-state index is -4.64. The maximum atomic E-state index is 12.7. The van der Waals surface area contributed by atoms with Gasteiger partial charge >= 0.3 is 0 Å². The fourth-order valence-corrected chi connectivity index (χ4v) is 10.8. The third-order valence-corrected chi connectivity index (χ3v) is 15.8. The van der Waals surface area contributed by atoms with Gasteiger partial charge in [0.2, 0.25) is 11.6 Å². The van der Waals surface area contributed by atoms with Gasteiger partial charge in [0.05, 0.1) is 92.8 Å². The molecule has 5 N–H and O–H groups in total. The number of carbonyl (C=O) groups is 1. The van der Waals surface area contributed by atoms with Crippen molar-refractivity contribution in [2.75, 3.05) is 109 Å². The molecule has 0 saturated carbocycles. The average molecular weight is 1150 g/mol. The largest absolute Gasteiger partial charge is 0.379 e. The fourth-order valence-electron chi connectivity index (χ4n) is 8.84. The summed E-state index contributed by atoms with van der Waals surface area (Å²) in [7, 11) is -17.8. The number of benzene rings is 2. The Bertz CT molecular complexity index is 2920. The van der Waals surface area contributed by atoms with Gasteiger partial charge in [0.15, 0.2) is 5.71 Å². The van der Waals surface area contributed by atoms with Crippen molar-refractivity contribution >= 4 is 63.5 Å². The van der Waals surface area contributed by atoms with Crippen molar-refractivity contribution < 1.29 is 84.9 Å². The maximum Gasteiger partial charge on any atom is 0.294 e. The molecule has 2 aliphatic rings. The van der Waals surface area contributed by atoms with E-state index in [0.717, 1.165) is 0 Å². The Hall–Kier alpha value is -4.65. The number of hydrogen-bond acceptors (Lipinski definition) is 16. The molecular weight excluding hydrogens is 1080 g/mol. The van der Waals surface area contributed by atoms with Crippen molar-refractivity contribution in [2.45, 2.75) is 86.3 Å². The second-order valence-electron chi connectivity index (χ2n) is 18.5. The van der Waals surface area contributed by atoms with Gasteiger partial charge in [-0.3, -0.25) is 23.0 Å². The Labute approximate surface area is 445 Å². The summed E-state index contributed by atoms with van der Waals surface area (Å²) in [6.07, 6.45) is 11.1. The zero-order valence-corrected chi connectivity index (χ0v) is 46.3. The zero-order chi connectivity index (χ0) is 56.0. The monoisotopic (exact) mass is 1150 g/mol. The summed E-state index contributed by atoms with van der Waals surface area (Å²) in [6.45, 7) is 10.0. The molecule has 24 nitrogen and oxygen atoms in total. The number of carbonyl (C=O) groups excluding carboxylic acids is 1. The second kappa shape index (κ2) is 29.9. The predicted octanol–water partition coefficient (Wildman–Crippen LogP) is 5.35. The number of azide groups is 1. The molecule has 0 spiro atoms. The first kappa shape index (κ1) is 63.9. The van der Waals surface area contributed by atoms with Crippen LogP contribution in [-0.2, 0) is 79.8 Å². The summed E-state index contributed by atoms with van der Waals surface area (Å²) in [5.41, 5.74) is 9.98. The highest BCUT2D eigenvalue weighted by Crippen LogP contribution is 2.51. The van der Waals surface area contributed by atoms with E-state index in [1.54, 1.807) is 30.4 Å². The second-order valence-corrected chi connectivity index (χ2v) is 24.4. The number of rotatable bonds is 37. The van der Waals surface area contributed by atoms with Crippen LogP contribution < -0.4 is 10.2 Å². The Balaban J connectivity index is 1.39. The molecule has 1 amide bonds. The molecular formula is C48H71N6O18S4+. The van der Waals surface area contributed by atoms with Gasteiger partial charge in [0, 0.05) is 71.9 Å². The molecule has 0 fully saturated rings. The van der Waals surface area contributed by atoms with Crippen LogP contribution in [0.4, 0.5) is 11.4 Å². The standard InChI is InChI=1S/C48H70N6O18S4/c1-47(2)40-36-38(75(62,63)64)15-17-42(40)53(22-10-34-73(56,57)58)44(47)12-6-4-7-13-45-48(3,41-37-39(76(65,66)67)16-18-43(41)54(45)23-11-35-74(59,60)61)19-9-5-8-14-46(55)50-20-24-68-26-28-70-30-32-72-33-31-71-29-27-69-25-21-51-52-49/h4,6-7,12-13,15-18,36-37H,5,8-11,14,19-35H2,1-3H3,(H4-,50,55,56,57,58,59,60,61,62,63,64,65,66,67)/p+1. The summed E-state index contributed by atoms with van der Waals surface area (Å²) in [6, 6.07) is 8.29. The van der Waals surface area contributed by atoms with E-state index in [4.69, 9.17) is 29.2 Å². The van der Waals surface area contributed by atoms with Crippen LogP contribution in [0, 0.1) is 0 Å². The van der Waals surface area contributed by atoms with E-state index in [-0.39, 0.29) is 61.2 Å². The number of amides is 1. The minimum Gasteiger partial charge on any atom is -0.379 e. The van der Waals surface area contributed by atoms with Crippen molar-refractivity contribution in [3.05, 3.63) is 94.0 Å². The van der Waals surface area contributed by atoms with Crippen LogP contribution in [0.3, 0.4) is 0 Å². The lowest BCUT2D eigenvalue weighted by Gasteiger charge is -2.30. The normalized spacial score (nSPS) is 17.2. The molecule has 28 heteroatoms. The fraction of sp³-hybridized carbons (Fsp3) is 0.583. The van der Waals surface area contributed by atoms with Gasteiger partial charge in [-0.2, -0.15) is 38.2 Å². The lowest BCUT2D eigenvalue weighted by molar-refractivity contribution is -0.437. The molecule has 76 heavy (non-hydrogen) atoms. The Morgan fingerprint density at radius 1 is 0.697 bits per heavy atom. The van der Waals surface area contributed by atoms with Crippen LogP contribution in [0.2, 0.25) is 0 Å². The van der Waals surface area contributed by atoms with Crippen LogP contribution in [0.25, 0.3) is 10.4 Å². The Morgan fingerprint density at radius 3 is 1.83 bits per heavy atom. The van der Waals surface area contributed by atoms with Crippen molar-refractivity contribution in [2.24, 2.45) is 5.11 Å². The molecule has 1 atom stereocenters. The molecule has 0 aromatic heterocycles. The highest BCUT2D eigenvalue weighted by Gasteiger charge is 2.46. The van der Waals surface area contributed by atoms with Crippen LogP contribution in [0.1, 0.15) is 76.8 Å². The van der Waals surface area contributed by atoms with Gasteiger partial charge in [-0.25, -0.2) is 0 Å². The van der Waals surface area contributed by atoms with E-state index in [1.165, 1.54) is 36.4 Å². The number of nitrogens with zero attached hydrogens (tertiary/aromatic N) is 5. The molecule has 0 radical (unpaired) electrons. The van der Waals surface area contributed by atoms with Gasteiger partial charge in [0.25, 0.3) is 40.5 Å². The van der Waals surface area contributed by atoms with Gasteiger partial charge < -0.3 is 33.9 Å². The van der Waals surface area contributed by atoms with Crippen LogP contribution in [0.5, 0.6) is 0 Å². The SMILES string of the molecule is CC1(C)C(/C=C/C=C/C=C2/N(CCCS(=O)(=O)O)c3ccc(S(=O)(=O)O)cc3C2(C)CCCCCC(=O)NCCOCCOCCOCCOCCOCCN=[N+]=[N-])=[N+](CCCS(=O)(=O)O)c2ccc(S(=O)(=O)O)cc21. The zero-order valence-electron chi connectivity index (χ0n) is 43.0. The van der Waals surface area contributed by atoms with E-state index < -0.39 is 62.8 Å². The number of nitrogens with one attached hydrogen (secondary N) is 1. The lowest BCUT2D eigenvalue weighted by atomic mass is 9.77. The molecule has 0 saturated heterocycles. The number of anilines is 1. The summed E-state index contributed by atoms with van der Waals surface area (Å²) >= 11 is 0. The van der Waals surface area contributed by atoms with Crippen molar-refractivity contribution in [3.8, 4) is 0 Å². The Kier molecular flexibility index (Phi) is 25.1. The average Bonchev–Trinajstić information content (AvgIpc) is 3.68. The minimum absolute atomic E-state index is 0.000551. The van der Waals surface area contributed by atoms with Gasteiger partial charge in [-0.1, -0.05) is 36.2 Å². The van der Waals surface area contributed by atoms with E-state index in [2.05, 4.69) is 15.3 Å². The van der Waals surface area contributed by atoms with E-state index in [1.807, 2.05) is 30.2 Å². The van der Waals surface area contributed by atoms with E-state index >= 15 is 0 Å². The van der Waals surface area contributed by atoms with Crippen LogP contribution in [0.15, 0.2) is 87.4 Å². The first-order chi connectivity index (χ1) is 35.8. The lowest BCUT2D eigenvalue weighted by Crippen LogP contribution is -2.30. The molecule has 2 aromatic rings. The smallest absolute Gasteiger partial charge is 0.294 e. The van der Waals surface area contributed by atoms with Crippen molar-refractivity contribution in [3.63, 3.8) is 0 Å². The number of hydrogen-bond donors (Lipinski definition) is 5. The first-order valence-corrected chi connectivity index (χ1v) is 30.7. The van der Waals surface area contributed by atoms with Crippen LogP contribution in [-0.4, -0.2) is 172 Å². The summed E-state index contributed by atoms with van der Waals surface area (Å²) in [4.78, 5) is 16.5. The molecule has 2 aromatic carbocycles. The molecule has 1 unspecified atom stereocenters. The van der Waals surface area contributed by atoms with Gasteiger partial charge in [-0.05, 0) is 87.5 Å². The number of fused-ring (bicyclic) bond motifs is 2. The van der Waals surface area contributed by atoms with Crippen molar-refractivity contribution in [1.29, 1.82) is 0 Å². The molecule has 4 rings (SSSR count). The van der Waals surface area contributed by atoms with Crippen LogP contribution >= 0.6 is 0 Å². The van der Waals surface area contributed by atoms with Crippen molar-refractivity contribution in [1.82, 2.24) is 5.32 Å². The number of unbranched alkanes of at least 4 members (excludes halogenated alkanes) is 2. The summed E-state index contributed by atoms with van der Waals surface area (Å²) in [5, 5.41) is 6.21. The maximum absolute atomic E-state index is 12.7. The molecule has 424 valence electrons. The molecule has 2 aliphatic heterocycles. The topological polar surface area (TPSA) is 348 Å². The first-order valence-electron chi connectivity index (χ1n) is 24.6. The highest BCUT2D eigenvalue weighted by molar-refractivity contribution is 7.86. The third kappa shape index (κ3) is 20.6. The molecule has 0 bridgehead atoms. The molecule has 0 aliphatic carbocycles.